The maximum Gasteiger partial charge on any atom is 0.325 e. The highest BCUT2D eigenvalue weighted by molar-refractivity contribution is 9.09. The fourth-order valence-electron chi connectivity index (χ4n) is 1.11. The van der Waals surface area contributed by atoms with Gasteiger partial charge in [0.15, 0.2) is 5.41 Å². The van der Waals surface area contributed by atoms with Crippen LogP contribution in [0.3, 0.4) is 0 Å². The molecule has 1 atom stereocenters. The predicted octanol–water partition coefficient (Wildman–Crippen LogP) is 2.58. The lowest BCUT2D eigenvalue weighted by atomic mass is 9.94. The third-order valence-corrected chi connectivity index (χ3v) is 4.17. The van der Waals surface area contributed by atoms with Crippen LogP contribution in [0.25, 0.3) is 0 Å². The van der Waals surface area contributed by atoms with Crippen molar-refractivity contribution < 1.29 is 19.4 Å². The fraction of sp³-hybridized carbons (Fsp3) is 0.800. The number of carbonyl (C=O) groups excluding carboxylic acids is 1. The standard InChI is InChI=1S/C10H16Br2O4/c1-3-4-7(2)16-9(15)10(5-11,6-12)8(13)14/h7H,3-6H2,1-2H3,(H,13,14). The number of rotatable bonds is 7. The quantitative estimate of drug-likeness (QED) is 0.431. The molecule has 16 heavy (non-hydrogen) atoms. The van der Waals surface area contributed by atoms with Crippen molar-refractivity contribution in [2.75, 3.05) is 10.7 Å². The fourth-order valence-corrected chi connectivity index (χ4v) is 2.97. The van der Waals surface area contributed by atoms with Crippen LogP contribution in [0.4, 0.5) is 0 Å². The summed E-state index contributed by atoms with van der Waals surface area (Å²) in [7, 11) is 0. The summed E-state index contributed by atoms with van der Waals surface area (Å²) in [5, 5.41) is 9.13. The van der Waals surface area contributed by atoms with Crippen LogP contribution in [0.15, 0.2) is 0 Å². The second kappa shape index (κ2) is 7.27. The number of ether oxygens (including phenoxy) is 1. The van der Waals surface area contributed by atoms with Crippen molar-refractivity contribution in [2.45, 2.75) is 32.8 Å². The van der Waals surface area contributed by atoms with Crippen LogP contribution in [0.5, 0.6) is 0 Å². The van der Waals surface area contributed by atoms with Crippen molar-refractivity contribution in [3.05, 3.63) is 0 Å². The Kier molecular flexibility index (Phi) is 7.22. The van der Waals surface area contributed by atoms with E-state index in [2.05, 4.69) is 31.9 Å². The Bertz CT molecular complexity index is 251. The van der Waals surface area contributed by atoms with E-state index < -0.39 is 17.4 Å². The number of hydrogen-bond donors (Lipinski definition) is 1. The second-order valence-corrected chi connectivity index (χ2v) is 4.78. The van der Waals surface area contributed by atoms with Crippen molar-refractivity contribution in [2.24, 2.45) is 5.41 Å². The van der Waals surface area contributed by atoms with Crippen molar-refractivity contribution >= 4 is 43.8 Å². The van der Waals surface area contributed by atoms with Crippen molar-refractivity contribution in [1.29, 1.82) is 0 Å². The average Bonchev–Trinajstić information content (AvgIpc) is 2.19. The summed E-state index contributed by atoms with van der Waals surface area (Å²) in [5.41, 5.74) is -1.54. The molecule has 1 unspecified atom stereocenters. The molecule has 1 N–H and O–H groups in total. The monoisotopic (exact) mass is 358 g/mol. The number of alkyl halides is 2. The number of hydrogen-bond acceptors (Lipinski definition) is 3. The molecule has 0 aromatic carbocycles. The topological polar surface area (TPSA) is 63.6 Å². The molecular formula is C10H16Br2O4. The molecule has 0 aliphatic rings. The third kappa shape index (κ3) is 3.73. The lowest BCUT2D eigenvalue weighted by Gasteiger charge is -2.24. The summed E-state index contributed by atoms with van der Waals surface area (Å²) in [5.74, 6) is -1.88. The van der Waals surface area contributed by atoms with Crippen LogP contribution >= 0.6 is 31.9 Å². The van der Waals surface area contributed by atoms with Crippen LogP contribution in [0, 0.1) is 5.41 Å². The zero-order valence-electron chi connectivity index (χ0n) is 9.33. The minimum atomic E-state index is -1.54. The first kappa shape index (κ1) is 15.9. The van der Waals surface area contributed by atoms with Crippen LogP contribution in [0.2, 0.25) is 0 Å². The van der Waals surface area contributed by atoms with Gasteiger partial charge in [0.05, 0.1) is 6.10 Å². The molecule has 0 bridgehead atoms. The van der Waals surface area contributed by atoms with Gasteiger partial charge >= 0.3 is 11.9 Å². The molecule has 0 saturated heterocycles. The van der Waals surface area contributed by atoms with E-state index in [1.54, 1.807) is 6.92 Å². The van der Waals surface area contributed by atoms with Gasteiger partial charge in [-0.25, -0.2) is 0 Å². The van der Waals surface area contributed by atoms with E-state index in [9.17, 15) is 9.59 Å². The minimum Gasteiger partial charge on any atom is -0.480 e. The van der Waals surface area contributed by atoms with Crippen molar-refractivity contribution in [1.82, 2.24) is 0 Å². The van der Waals surface area contributed by atoms with Crippen molar-refractivity contribution in [3.63, 3.8) is 0 Å². The van der Waals surface area contributed by atoms with Crippen LogP contribution in [-0.2, 0) is 14.3 Å². The summed E-state index contributed by atoms with van der Waals surface area (Å²) < 4.78 is 5.12. The minimum absolute atomic E-state index is 0.0261. The van der Waals surface area contributed by atoms with Gasteiger partial charge in [0, 0.05) is 10.7 Å². The molecule has 0 radical (unpaired) electrons. The van der Waals surface area contributed by atoms with Gasteiger partial charge in [-0.05, 0) is 13.3 Å². The summed E-state index contributed by atoms with van der Waals surface area (Å²) in [6.07, 6.45) is 1.36. The SMILES string of the molecule is CCCC(C)OC(=O)C(CBr)(CBr)C(=O)O. The van der Waals surface area contributed by atoms with E-state index in [4.69, 9.17) is 9.84 Å². The first-order valence-electron chi connectivity index (χ1n) is 5.01. The Labute approximate surface area is 112 Å². The lowest BCUT2D eigenvalue weighted by Crippen LogP contribution is -2.45. The van der Waals surface area contributed by atoms with E-state index >= 15 is 0 Å². The van der Waals surface area contributed by atoms with Gasteiger partial charge in [-0.3, -0.25) is 9.59 Å². The summed E-state index contributed by atoms with van der Waals surface area (Å²) >= 11 is 6.10. The molecule has 0 aromatic rings. The zero-order valence-corrected chi connectivity index (χ0v) is 12.5. The second-order valence-electron chi connectivity index (χ2n) is 3.66. The highest BCUT2D eigenvalue weighted by Gasteiger charge is 2.46. The third-order valence-electron chi connectivity index (χ3n) is 2.26. The van der Waals surface area contributed by atoms with Gasteiger partial charge < -0.3 is 9.84 Å². The molecule has 0 heterocycles. The van der Waals surface area contributed by atoms with E-state index in [1.807, 2.05) is 6.92 Å². The number of carboxylic acids is 1. The summed E-state index contributed by atoms with van der Waals surface area (Å²) in [6, 6.07) is 0. The molecule has 0 rings (SSSR count). The van der Waals surface area contributed by atoms with Crippen LogP contribution in [-0.4, -0.2) is 33.8 Å². The number of halogens is 2. The Morgan fingerprint density at radius 1 is 1.38 bits per heavy atom. The Balaban J connectivity index is 4.69. The number of carbonyl (C=O) groups is 2. The molecule has 0 fully saturated rings. The van der Waals surface area contributed by atoms with Crippen LogP contribution < -0.4 is 0 Å². The van der Waals surface area contributed by atoms with Gasteiger partial charge in [0.25, 0.3) is 0 Å². The maximum absolute atomic E-state index is 11.8. The molecule has 0 aromatic heterocycles. The number of esters is 1. The molecule has 0 amide bonds. The number of carboxylic acid groups (broad SMARTS) is 1. The molecule has 4 nitrogen and oxygen atoms in total. The van der Waals surface area contributed by atoms with Gasteiger partial charge in [0.2, 0.25) is 0 Å². The zero-order chi connectivity index (χ0) is 12.8. The molecular weight excluding hydrogens is 344 g/mol. The van der Waals surface area contributed by atoms with Gasteiger partial charge in [0.1, 0.15) is 0 Å². The van der Waals surface area contributed by atoms with E-state index in [0.717, 1.165) is 12.8 Å². The molecule has 0 saturated carbocycles. The predicted molar refractivity (Wildman–Crippen MR) is 68.1 cm³/mol. The Hall–Kier alpha value is -0.100. The Morgan fingerprint density at radius 3 is 2.19 bits per heavy atom. The lowest BCUT2D eigenvalue weighted by molar-refractivity contribution is -0.168. The molecule has 6 heteroatoms. The smallest absolute Gasteiger partial charge is 0.325 e. The summed E-state index contributed by atoms with van der Waals surface area (Å²) in [6.45, 7) is 3.74. The van der Waals surface area contributed by atoms with Gasteiger partial charge in [-0.2, -0.15) is 0 Å². The van der Waals surface area contributed by atoms with E-state index in [-0.39, 0.29) is 16.8 Å². The first-order chi connectivity index (χ1) is 7.44. The summed E-state index contributed by atoms with van der Waals surface area (Å²) in [4.78, 5) is 22.9. The van der Waals surface area contributed by atoms with Gasteiger partial charge in [-0.15, -0.1) is 0 Å². The normalized spacial score (nSPS) is 13.2. The highest BCUT2D eigenvalue weighted by atomic mass is 79.9. The van der Waals surface area contributed by atoms with E-state index in [0.29, 0.717) is 0 Å². The average molecular weight is 360 g/mol. The largest absolute Gasteiger partial charge is 0.480 e. The Morgan fingerprint density at radius 2 is 1.88 bits per heavy atom. The van der Waals surface area contributed by atoms with E-state index in [1.165, 1.54) is 0 Å². The highest BCUT2D eigenvalue weighted by Crippen LogP contribution is 2.26. The van der Waals surface area contributed by atoms with Crippen LogP contribution in [0.1, 0.15) is 26.7 Å². The van der Waals surface area contributed by atoms with Crippen molar-refractivity contribution in [3.8, 4) is 0 Å². The molecule has 0 aliphatic heterocycles. The van der Waals surface area contributed by atoms with Gasteiger partial charge in [-0.1, -0.05) is 45.2 Å². The first-order valence-corrected chi connectivity index (χ1v) is 7.25. The molecule has 0 spiro atoms. The molecule has 94 valence electrons. The molecule has 0 aliphatic carbocycles. The number of aliphatic carboxylic acids is 1. The maximum atomic E-state index is 11.8.